The van der Waals surface area contributed by atoms with E-state index in [1.165, 1.54) is 0 Å². The quantitative estimate of drug-likeness (QED) is 0.828. The molecule has 92 valence electrons. The lowest BCUT2D eigenvalue weighted by Crippen LogP contribution is -2.41. The van der Waals surface area contributed by atoms with Gasteiger partial charge in [0.2, 0.25) is 5.91 Å². The first kappa shape index (κ1) is 12.7. The summed E-state index contributed by atoms with van der Waals surface area (Å²) in [6.45, 7) is 2.48. The summed E-state index contributed by atoms with van der Waals surface area (Å²) in [4.78, 5) is 13.8. The third-order valence-corrected chi connectivity index (χ3v) is 3.46. The van der Waals surface area contributed by atoms with E-state index in [9.17, 15) is 4.79 Å². The largest absolute Gasteiger partial charge is 0.378 e. The molecule has 0 radical (unpaired) electrons. The van der Waals surface area contributed by atoms with Crippen molar-refractivity contribution >= 4 is 29.1 Å². The van der Waals surface area contributed by atoms with E-state index in [1.807, 2.05) is 0 Å². The molecule has 0 bridgehead atoms. The summed E-state index contributed by atoms with van der Waals surface area (Å²) in [5, 5.41) is 1.08. The first-order valence-electron chi connectivity index (χ1n) is 5.47. The Morgan fingerprint density at radius 2 is 1.82 bits per heavy atom. The Kier molecular flexibility index (Phi) is 4.26. The minimum Gasteiger partial charge on any atom is -0.378 e. The van der Waals surface area contributed by atoms with Gasteiger partial charge in [0.05, 0.1) is 19.6 Å². The number of amides is 1. The lowest BCUT2D eigenvalue weighted by atomic mass is 10.1. The second-order valence-electron chi connectivity index (χ2n) is 3.87. The van der Waals surface area contributed by atoms with Crippen molar-refractivity contribution in [3.8, 4) is 0 Å². The number of ether oxygens (including phenoxy) is 1. The number of carbonyl (C=O) groups excluding carboxylic acids is 1. The molecule has 3 nitrogen and oxygen atoms in total. The van der Waals surface area contributed by atoms with Gasteiger partial charge in [0.1, 0.15) is 0 Å². The molecule has 0 N–H and O–H groups in total. The Hall–Kier alpha value is -0.770. The molecular formula is C12H13Cl2NO2. The molecule has 1 amide bonds. The maximum atomic E-state index is 12.0. The van der Waals surface area contributed by atoms with Crippen molar-refractivity contribution in [2.24, 2.45) is 0 Å². The molecule has 0 aliphatic carbocycles. The normalized spacial score (nSPS) is 16.0. The van der Waals surface area contributed by atoms with Crippen LogP contribution in [0.2, 0.25) is 10.0 Å². The predicted octanol–water partition coefficient (Wildman–Crippen LogP) is 2.39. The zero-order chi connectivity index (χ0) is 12.3. The molecule has 1 saturated heterocycles. The minimum absolute atomic E-state index is 0.0447. The van der Waals surface area contributed by atoms with Crippen molar-refractivity contribution in [3.63, 3.8) is 0 Å². The van der Waals surface area contributed by atoms with E-state index in [-0.39, 0.29) is 12.3 Å². The zero-order valence-electron chi connectivity index (χ0n) is 9.29. The van der Waals surface area contributed by atoms with Gasteiger partial charge in [0.25, 0.3) is 0 Å². The average molecular weight is 274 g/mol. The summed E-state index contributed by atoms with van der Waals surface area (Å²) in [6.07, 6.45) is 0.249. The molecule has 1 fully saturated rings. The lowest BCUT2D eigenvalue weighted by molar-refractivity contribution is -0.134. The van der Waals surface area contributed by atoms with Gasteiger partial charge in [-0.05, 0) is 17.7 Å². The molecule has 1 aliphatic rings. The van der Waals surface area contributed by atoms with Crippen LogP contribution in [0.3, 0.4) is 0 Å². The van der Waals surface area contributed by atoms with Crippen LogP contribution in [0.1, 0.15) is 5.56 Å². The highest BCUT2D eigenvalue weighted by Crippen LogP contribution is 2.25. The van der Waals surface area contributed by atoms with Crippen molar-refractivity contribution in [2.45, 2.75) is 6.42 Å². The number of carbonyl (C=O) groups is 1. The van der Waals surface area contributed by atoms with E-state index in [0.29, 0.717) is 41.9 Å². The number of rotatable bonds is 2. The Balaban J connectivity index is 2.07. The Bertz CT molecular complexity index is 397. The van der Waals surface area contributed by atoms with Crippen LogP contribution in [0.4, 0.5) is 0 Å². The molecule has 2 rings (SSSR count). The van der Waals surface area contributed by atoms with Crippen LogP contribution < -0.4 is 0 Å². The molecule has 0 saturated carbocycles. The van der Waals surface area contributed by atoms with E-state index >= 15 is 0 Å². The van der Waals surface area contributed by atoms with E-state index in [1.54, 1.807) is 23.1 Å². The fraction of sp³-hybridized carbons (Fsp3) is 0.417. The summed E-state index contributed by atoms with van der Waals surface area (Å²) < 4.78 is 5.20. The molecule has 1 aromatic rings. The van der Waals surface area contributed by atoms with Crippen LogP contribution in [-0.4, -0.2) is 37.1 Å². The molecule has 17 heavy (non-hydrogen) atoms. The third kappa shape index (κ3) is 3.12. The van der Waals surface area contributed by atoms with Gasteiger partial charge in [-0.25, -0.2) is 0 Å². The Morgan fingerprint density at radius 3 is 2.41 bits per heavy atom. The summed E-state index contributed by atoms with van der Waals surface area (Å²) in [6, 6.07) is 5.26. The minimum atomic E-state index is 0.0447. The number of morpholine rings is 1. The fourth-order valence-electron chi connectivity index (χ4n) is 1.78. The number of benzene rings is 1. The van der Waals surface area contributed by atoms with Gasteiger partial charge in [-0.3, -0.25) is 4.79 Å². The average Bonchev–Trinajstić information content (AvgIpc) is 2.35. The molecule has 0 aromatic heterocycles. The maximum absolute atomic E-state index is 12.0. The highest BCUT2D eigenvalue weighted by Gasteiger charge is 2.19. The van der Waals surface area contributed by atoms with Gasteiger partial charge in [-0.1, -0.05) is 29.3 Å². The van der Waals surface area contributed by atoms with E-state index in [0.717, 1.165) is 0 Å². The van der Waals surface area contributed by atoms with E-state index in [2.05, 4.69) is 0 Å². The molecule has 0 atom stereocenters. The van der Waals surface area contributed by atoms with Gasteiger partial charge in [0, 0.05) is 23.1 Å². The maximum Gasteiger partial charge on any atom is 0.227 e. The summed E-state index contributed by atoms with van der Waals surface area (Å²) in [5.41, 5.74) is 0.701. The zero-order valence-corrected chi connectivity index (χ0v) is 10.8. The van der Waals surface area contributed by atoms with Crippen LogP contribution in [0.5, 0.6) is 0 Å². The standard InChI is InChI=1S/C12H13Cl2NO2/c13-10-2-1-3-11(14)9(10)8-12(16)15-4-6-17-7-5-15/h1-3H,4-8H2. The summed E-state index contributed by atoms with van der Waals surface area (Å²) in [7, 11) is 0. The highest BCUT2D eigenvalue weighted by atomic mass is 35.5. The van der Waals surface area contributed by atoms with Crippen molar-refractivity contribution in [1.82, 2.24) is 4.90 Å². The number of hydrogen-bond acceptors (Lipinski definition) is 2. The molecule has 1 aliphatic heterocycles. The molecule has 0 spiro atoms. The topological polar surface area (TPSA) is 29.5 Å². The number of halogens is 2. The van der Waals surface area contributed by atoms with E-state index < -0.39 is 0 Å². The smallest absolute Gasteiger partial charge is 0.227 e. The van der Waals surface area contributed by atoms with Gasteiger partial charge in [0.15, 0.2) is 0 Å². The first-order valence-corrected chi connectivity index (χ1v) is 6.22. The number of nitrogens with zero attached hydrogens (tertiary/aromatic N) is 1. The van der Waals surface area contributed by atoms with E-state index in [4.69, 9.17) is 27.9 Å². The molecule has 1 aromatic carbocycles. The molecular weight excluding hydrogens is 261 g/mol. The van der Waals surface area contributed by atoms with Gasteiger partial charge in [-0.2, -0.15) is 0 Å². The summed E-state index contributed by atoms with van der Waals surface area (Å²) in [5.74, 6) is 0.0447. The number of hydrogen-bond donors (Lipinski definition) is 0. The molecule has 5 heteroatoms. The first-order chi connectivity index (χ1) is 8.18. The second-order valence-corrected chi connectivity index (χ2v) is 4.68. The van der Waals surface area contributed by atoms with Crippen molar-refractivity contribution in [3.05, 3.63) is 33.8 Å². The Labute approximate surface area is 110 Å². The third-order valence-electron chi connectivity index (χ3n) is 2.75. The van der Waals surface area contributed by atoms with Crippen LogP contribution in [0.15, 0.2) is 18.2 Å². The van der Waals surface area contributed by atoms with Crippen molar-refractivity contribution < 1.29 is 9.53 Å². The van der Waals surface area contributed by atoms with Crippen molar-refractivity contribution in [2.75, 3.05) is 26.3 Å². The molecule has 0 unspecified atom stereocenters. The predicted molar refractivity (Wildman–Crippen MR) is 67.6 cm³/mol. The summed E-state index contributed by atoms with van der Waals surface area (Å²) >= 11 is 12.1. The second kappa shape index (κ2) is 5.71. The Morgan fingerprint density at radius 1 is 1.24 bits per heavy atom. The van der Waals surface area contributed by atoms with Gasteiger partial charge in [-0.15, -0.1) is 0 Å². The molecule has 1 heterocycles. The van der Waals surface area contributed by atoms with Crippen LogP contribution >= 0.6 is 23.2 Å². The van der Waals surface area contributed by atoms with Crippen molar-refractivity contribution in [1.29, 1.82) is 0 Å². The van der Waals surface area contributed by atoms with Crippen LogP contribution in [-0.2, 0) is 16.0 Å². The van der Waals surface area contributed by atoms with Crippen LogP contribution in [0.25, 0.3) is 0 Å². The highest BCUT2D eigenvalue weighted by molar-refractivity contribution is 6.36. The SMILES string of the molecule is O=C(Cc1c(Cl)cccc1Cl)N1CCOCC1. The monoisotopic (exact) mass is 273 g/mol. The van der Waals surface area contributed by atoms with Gasteiger partial charge < -0.3 is 9.64 Å². The fourth-order valence-corrected chi connectivity index (χ4v) is 2.31. The van der Waals surface area contributed by atoms with Gasteiger partial charge >= 0.3 is 0 Å². The van der Waals surface area contributed by atoms with Crippen LogP contribution in [0, 0.1) is 0 Å². The lowest BCUT2D eigenvalue weighted by Gasteiger charge is -2.27.